The highest BCUT2D eigenvalue weighted by atomic mass is 16.5. The van der Waals surface area contributed by atoms with Gasteiger partial charge in [0.25, 0.3) is 0 Å². The molecule has 0 N–H and O–H groups in total. The molecule has 0 aromatic carbocycles. The standard InChI is InChI=1S/C9H17NO2/c1-12-8-7-10-6-4-2-3-5-9(10)11/h2-8H2,1H3. The van der Waals surface area contributed by atoms with Crippen molar-refractivity contribution in [1.29, 1.82) is 0 Å². The van der Waals surface area contributed by atoms with Gasteiger partial charge in [0.05, 0.1) is 6.61 Å². The molecule has 0 radical (unpaired) electrons. The van der Waals surface area contributed by atoms with E-state index in [4.69, 9.17) is 4.74 Å². The van der Waals surface area contributed by atoms with E-state index in [-0.39, 0.29) is 0 Å². The third-order valence-corrected chi connectivity index (χ3v) is 2.24. The summed E-state index contributed by atoms with van der Waals surface area (Å²) in [5, 5.41) is 0. The molecule has 1 rings (SSSR count). The first kappa shape index (κ1) is 9.52. The summed E-state index contributed by atoms with van der Waals surface area (Å²) >= 11 is 0. The SMILES string of the molecule is COCCN1CCCCCC1=O. The van der Waals surface area contributed by atoms with Crippen molar-refractivity contribution in [3.05, 3.63) is 0 Å². The van der Waals surface area contributed by atoms with Gasteiger partial charge in [-0.05, 0) is 12.8 Å². The number of likely N-dealkylation sites (tertiary alicyclic amines) is 1. The molecule has 3 nitrogen and oxygen atoms in total. The molecule has 0 aliphatic carbocycles. The lowest BCUT2D eigenvalue weighted by Gasteiger charge is -2.19. The third-order valence-electron chi connectivity index (χ3n) is 2.24. The second-order valence-electron chi connectivity index (χ2n) is 3.18. The Morgan fingerprint density at radius 1 is 1.42 bits per heavy atom. The number of carbonyl (C=O) groups is 1. The molecule has 1 heterocycles. The van der Waals surface area contributed by atoms with Crippen LogP contribution in [0.1, 0.15) is 25.7 Å². The molecule has 0 atom stereocenters. The summed E-state index contributed by atoms with van der Waals surface area (Å²) in [6.07, 6.45) is 4.12. The van der Waals surface area contributed by atoms with Gasteiger partial charge in [-0.2, -0.15) is 0 Å². The maximum absolute atomic E-state index is 11.4. The van der Waals surface area contributed by atoms with Crippen LogP contribution in [0.4, 0.5) is 0 Å². The van der Waals surface area contributed by atoms with Gasteiger partial charge < -0.3 is 9.64 Å². The van der Waals surface area contributed by atoms with Gasteiger partial charge in [0.15, 0.2) is 0 Å². The Morgan fingerprint density at radius 3 is 3.00 bits per heavy atom. The minimum absolute atomic E-state index is 0.296. The van der Waals surface area contributed by atoms with Gasteiger partial charge in [-0.15, -0.1) is 0 Å². The zero-order valence-electron chi connectivity index (χ0n) is 7.71. The van der Waals surface area contributed by atoms with Crippen LogP contribution in [0.5, 0.6) is 0 Å². The number of amides is 1. The number of ether oxygens (including phenoxy) is 1. The van der Waals surface area contributed by atoms with E-state index in [0.29, 0.717) is 12.5 Å². The van der Waals surface area contributed by atoms with Crippen molar-refractivity contribution in [2.45, 2.75) is 25.7 Å². The zero-order valence-corrected chi connectivity index (χ0v) is 7.71. The monoisotopic (exact) mass is 171 g/mol. The van der Waals surface area contributed by atoms with Crippen molar-refractivity contribution in [2.75, 3.05) is 26.8 Å². The lowest BCUT2D eigenvalue weighted by atomic mass is 10.2. The van der Waals surface area contributed by atoms with Crippen LogP contribution >= 0.6 is 0 Å². The van der Waals surface area contributed by atoms with Crippen molar-refractivity contribution >= 4 is 5.91 Å². The molecule has 1 amide bonds. The van der Waals surface area contributed by atoms with Crippen LogP contribution < -0.4 is 0 Å². The fourth-order valence-corrected chi connectivity index (χ4v) is 1.48. The smallest absolute Gasteiger partial charge is 0.222 e. The summed E-state index contributed by atoms with van der Waals surface area (Å²) in [7, 11) is 1.67. The number of nitrogens with zero attached hydrogens (tertiary/aromatic N) is 1. The lowest BCUT2D eigenvalue weighted by Crippen LogP contribution is -2.33. The fraction of sp³-hybridized carbons (Fsp3) is 0.889. The zero-order chi connectivity index (χ0) is 8.81. The Labute approximate surface area is 73.7 Å². The molecule has 3 heteroatoms. The predicted molar refractivity (Wildman–Crippen MR) is 46.9 cm³/mol. The summed E-state index contributed by atoms with van der Waals surface area (Å²) < 4.78 is 4.94. The van der Waals surface area contributed by atoms with Gasteiger partial charge in [0.2, 0.25) is 5.91 Å². The number of rotatable bonds is 3. The summed E-state index contributed by atoms with van der Waals surface area (Å²) in [5.41, 5.74) is 0. The maximum Gasteiger partial charge on any atom is 0.222 e. The average molecular weight is 171 g/mol. The van der Waals surface area contributed by atoms with Crippen molar-refractivity contribution < 1.29 is 9.53 Å². The molecular formula is C9H17NO2. The number of hydrogen-bond donors (Lipinski definition) is 0. The molecule has 0 unspecified atom stereocenters. The van der Waals surface area contributed by atoms with Crippen LogP contribution in [-0.4, -0.2) is 37.6 Å². The molecule has 1 saturated heterocycles. The first-order chi connectivity index (χ1) is 5.84. The van der Waals surface area contributed by atoms with Crippen molar-refractivity contribution in [1.82, 2.24) is 4.90 Å². The van der Waals surface area contributed by atoms with Gasteiger partial charge in [-0.1, -0.05) is 6.42 Å². The first-order valence-corrected chi connectivity index (χ1v) is 4.61. The first-order valence-electron chi connectivity index (χ1n) is 4.61. The molecule has 12 heavy (non-hydrogen) atoms. The van der Waals surface area contributed by atoms with Crippen molar-refractivity contribution in [3.8, 4) is 0 Å². The van der Waals surface area contributed by atoms with E-state index < -0.39 is 0 Å². The van der Waals surface area contributed by atoms with Crippen LogP contribution in [0, 0.1) is 0 Å². The largest absolute Gasteiger partial charge is 0.383 e. The van der Waals surface area contributed by atoms with Crippen LogP contribution in [-0.2, 0) is 9.53 Å². The van der Waals surface area contributed by atoms with E-state index in [1.807, 2.05) is 4.90 Å². The normalized spacial score (nSPS) is 19.4. The fourth-order valence-electron chi connectivity index (χ4n) is 1.48. The Bertz CT molecular complexity index is 147. The van der Waals surface area contributed by atoms with Crippen LogP contribution in [0.25, 0.3) is 0 Å². The molecule has 70 valence electrons. The highest BCUT2D eigenvalue weighted by molar-refractivity contribution is 5.76. The van der Waals surface area contributed by atoms with Gasteiger partial charge in [-0.25, -0.2) is 0 Å². The van der Waals surface area contributed by atoms with E-state index in [2.05, 4.69) is 0 Å². The van der Waals surface area contributed by atoms with E-state index in [9.17, 15) is 4.79 Å². The quantitative estimate of drug-likeness (QED) is 0.635. The van der Waals surface area contributed by atoms with Crippen LogP contribution in [0.3, 0.4) is 0 Å². The van der Waals surface area contributed by atoms with Crippen molar-refractivity contribution in [2.24, 2.45) is 0 Å². The Balaban J connectivity index is 2.31. The van der Waals surface area contributed by atoms with Crippen LogP contribution in [0.15, 0.2) is 0 Å². The summed E-state index contributed by atoms with van der Waals surface area (Å²) in [5.74, 6) is 0.296. The molecule has 1 aliphatic heterocycles. The Morgan fingerprint density at radius 2 is 2.25 bits per heavy atom. The van der Waals surface area contributed by atoms with Gasteiger partial charge in [0, 0.05) is 26.6 Å². The molecule has 0 spiro atoms. The molecule has 0 saturated carbocycles. The average Bonchev–Trinajstić information content (AvgIpc) is 2.27. The van der Waals surface area contributed by atoms with Crippen molar-refractivity contribution in [3.63, 3.8) is 0 Å². The Hall–Kier alpha value is -0.570. The van der Waals surface area contributed by atoms with Gasteiger partial charge in [-0.3, -0.25) is 4.79 Å². The topological polar surface area (TPSA) is 29.5 Å². The predicted octanol–water partition coefficient (Wildman–Crippen LogP) is 1.04. The minimum atomic E-state index is 0.296. The molecule has 1 fully saturated rings. The second kappa shape index (κ2) is 5.14. The summed E-state index contributed by atoms with van der Waals surface area (Å²) in [6, 6.07) is 0. The molecule has 0 aromatic rings. The maximum atomic E-state index is 11.4. The lowest BCUT2D eigenvalue weighted by molar-refractivity contribution is -0.131. The highest BCUT2D eigenvalue weighted by Gasteiger charge is 2.15. The molecular weight excluding hydrogens is 154 g/mol. The second-order valence-corrected chi connectivity index (χ2v) is 3.18. The van der Waals surface area contributed by atoms with Gasteiger partial charge in [0.1, 0.15) is 0 Å². The van der Waals surface area contributed by atoms with E-state index in [1.165, 1.54) is 6.42 Å². The Kier molecular flexibility index (Phi) is 4.08. The summed E-state index contributed by atoms with van der Waals surface area (Å²) in [4.78, 5) is 13.3. The third kappa shape index (κ3) is 2.81. The van der Waals surface area contributed by atoms with Crippen LogP contribution in [0.2, 0.25) is 0 Å². The molecule has 0 aromatic heterocycles. The van der Waals surface area contributed by atoms with Gasteiger partial charge >= 0.3 is 0 Å². The molecule has 1 aliphatic rings. The highest BCUT2D eigenvalue weighted by Crippen LogP contribution is 2.10. The minimum Gasteiger partial charge on any atom is -0.383 e. The molecule has 0 bridgehead atoms. The van der Waals surface area contributed by atoms with E-state index in [0.717, 1.165) is 32.4 Å². The summed E-state index contributed by atoms with van der Waals surface area (Å²) in [6.45, 7) is 2.34. The van der Waals surface area contributed by atoms with E-state index >= 15 is 0 Å². The number of hydrogen-bond acceptors (Lipinski definition) is 2. The number of methoxy groups -OCH3 is 1. The number of carbonyl (C=O) groups excluding carboxylic acids is 1. The van der Waals surface area contributed by atoms with E-state index in [1.54, 1.807) is 7.11 Å².